The Morgan fingerprint density at radius 1 is 1.50 bits per heavy atom. The average molecular weight is 201 g/mol. The molecule has 2 N–H and O–H groups in total. The maximum Gasteiger partial charge on any atom is 0.306 e. The molecule has 0 amide bonds. The zero-order chi connectivity index (χ0) is 10.6. The maximum absolute atomic E-state index is 10.7. The largest absolute Gasteiger partial charge is 0.481 e. The fourth-order valence-electron chi connectivity index (χ4n) is 2.17. The van der Waals surface area contributed by atoms with Crippen LogP contribution in [0.3, 0.4) is 0 Å². The summed E-state index contributed by atoms with van der Waals surface area (Å²) in [5.41, 5.74) is 0. The number of carbonyl (C=O) groups is 1. The molecule has 1 fully saturated rings. The summed E-state index contributed by atoms with van der Waals surface area (Å²) < 4.78 is 0. The third-order valence-corrected chi connectivity index (χ3v) is 2.94. The highest BCUT2D eigenvalue weighted by molar-refractivity contribution is 5.70. The molecule has 1 aliphatic carbocycles. The number of hydrogen-bond acceptors (Lipinski definition) is 3. The molecule has 1 rings (SSSR count). The van der Waals surface area contributed by atoms with Crippen LogP contribution in [0.2, 0.25) is 0 Å². The van der Waals surface area contributed by atoms with Gasteiger partial charge in [0.2, 0.25) is 0 Å². The average Bonchev–Trinajstić information content (AvgIpc) is 2.53. The molecule has 0 aromatic heterocycles. The van der Waals surface area contributed by atoms with Gasteiger partial charge in [0.25, 0.3) is 0 Å². The van der Waals surface area contributed by atoms with E-state index in [0.717, 1.165) is 25.8 Å². The van der Waals surface area contributed by atoms with Crippen molar-refractivity contribution >= 4 is 5.97 Å². The van der Waals surface area contributed by atoms with Crippen molar-refractivity contribution in [2.75, 3.05) is 26.7 Å². The first-order valence-corrected chi connectivity index (χ1v) is 5.15. The number of carboxylic acid groups (broad SMARTS) is 1. The maximum atomic E-state index is 10.7. The second-order valence-corrected chi connectivity index (χ2v) is 4.20. The summed E-state index contributed by atoms with van der Waals surface area (Å²) in [6.07, 6.45) is 2.62. The predicted octanol–water partition coefficient (Wildman–Crippen LogP) is 0.411. The molecule has 0 saturated heterocycles. The van der Waals surface area contributed by atoms with Crippen molar-refractivity contribution in [2.45, 2.75) is 19.3 Å². The van der Waals surface area contributed by atoms with Gasteiger partial charge in [-0.15, -0.1) is 0 Å². The standard InChI is InChI=1S/C10H19NO3/c1-11(4-5-12)7-8-2-3-9(6-8)10(13)14/h8-9,12H,2-7H2,1H3,(H,13,14). The van der Waals surface area contributed by atoms with Gasteiger partial charge < -0.3 is 15.1 Å². The second-order valence-electron chi connectivity index (χ2n) is 4.20. The van der Waals surface area contributed by atoms with E-state index in [1.54, 1.807) is 0 Å². The van der Waals surface area contributed by atoms with E-state index in [9.17, 15) is 4.79 Å². The van der Waals surface area contributed by atoms with Gasteiger partial charge in [-0.25, -0.2) is 0 Å². The summed E-state index contributed by atoms with van der Waals surface area (Å²) in [4.78, 5) is 12.8. The monoisotopic (exact) mass is 201 g/mol. The number of likely N-dealkylation sites (N-methyl/N-ethyl adjacent to an activating group) is 1. The SMILES string of the molecule is CN(CCO)CC1CCC(C(=O)O)C1. The second kappa shape index (κ2) is 5.32. The van der Waals surface area contributed by atoms with Gasteiger partial charge in [0.05, 0.1) is 12.5 Å². The first kappa shape index (κ1) is 11.5. The van der Waals surface area contributed by atoms with E-state index < -0.39 is 5.97 Å². The van der Waals surface area contributed by atoms with E-state index in [2.05, 4.69) is 4.90 Å². The van der Waals surface area contributed by atoms with Crippen molar-refractivity contribution in [1.82, 2.24) is 4.90 Å². The number of rotatable bonds is 5. The van der Waals surface area contributed by atoms with E-state index in [-0.39, 0.29) is 12.5 Å². The van der Waals surface area contributed by atoms with Crippen LogP contribution in [0, 0.1) is 11.8 Å². The van der Waals surface area contributed by atoms with Crippen LogP contribution in [0.4, 0.5) is 0 Å². The molecule has 0 aromatic rings. The number of aliphatic hydroxyl groups excluding tert-OH is 1. The molecule has 1 aliphatic rings. The fourth-order valence-corrected chi connectivity index (χ4v) is 2.17. The van der Waals surface area contributed by atoms with Gasteiger partial charge in [-0.1, -0.05) is 0 Å². The quantitative estimate of drug-likeness (QED) is 0.676. The summed E-state index contributed by atoms with van der Waals surface area (Å²) in [6, 6.07) is 0. The predicted molar refractivity (Wildman–Crippen MR) is 53.0 cm³/mol. The van der Waals surface area contributed by atoms with Gasteiger partial charge in [-0.2, -0.15) is 0 Å². The Balaban J connectivity index is 2.25. The highest BCUT2D eigenvalue weighted by Gasteiger charge is 2.29. The van der Waals surface area contributed by atoms with Crippen molar-refractivity contribution < 1.29 is 15.0 Å². The number of hydrogen-bond donors (Lipinski definition) is 2. The van der Waals surface area contributed by atoms with Gasteiger partial charge in [-0.05, 0) is 32.2 Å². The molecule has 2 unspecified atom stereocenters. The van der Waals surface area contributed by atoms with Crippen LogP contribution in [0.15, 0.2) is 0 Å². The van der Waals surface area contributed by atoms with Gasteiger partial charge in [0.15, 0.2) is 0 Å². The summed E-state index contributed by atoms with van der Waals surface area (Å²) >= 11 is 0. The highest BCUT2D eigenvalue weighted by Crippen LogP contribution is 2.31. The van der Waals surface area contributed by atoms with Crippen molar-refractivity contribution in [3.63, 3.8) is 0 Å². The lowest BCUT2D eigenvalue weighted by Crippen LogP contribution is -2.27. The number of nitrogens with zero attached hydrogens (tertiary/aromatic N) is 1. The molecule has 2 atom stereocenters. The van der Waals surface area contributed by atoms with Crippen LogP contribution < -0.4 is 0 Å². The molecule has 0 aliphatic heterocycles. The molecule has 0 aromatic carbocycles. The Morgan fingerprint density at radius 3 is 2.71 bits per heavy atom. The van der Waals surface area contributed by atoms with E-state index in [1.807, 2.05) is 7.05 Å². The molecule has 0 heterocycles. The first-order valence-electron chi connectivity index (χ1n) is 5.15. The van der Waals surface area contributed by atoms with Crippen molar-refractivity contribution in [1.29, 1.82) is 0 Å². The lowest BCUT2D eigenvalue weighted by Gasteiger charge is -2.19. The normalized spacial score (nSPS) is 27.1. The topological polar surface area (TPSA) is 60.8 Å². The number of carboxylic acids is 1. The minimum Gasteiger partial charge on any atom is -0.481 e. The molecule has 14 heavy (non-hydrogen) atoms. The zero-order valence-electron chi connectivity index (χ0n) is 8.65. The lowest BCUT2D eigenvalue weighted by molar-refractivity contribution is -0.141. The van der Waals surface area contributed by atoms with E-state index >= 15 is 0 Å². The third kappa shape index (κ3) is 3.27. The molecule has 4 nitrogen and oxygen atoms in total. The van der Waals surface area contributed by atoms with Gasteiger partial charge in [0, 0.05) is 13.1 Å². The van der Waals surface area contributed by atoms with Gasteiger partial charge >= 0.3 is 5.97 Å². The molecular formula is C10H19NO3. The Hall–Kier alpha value is -0.610. The highest BCUT2D eigenvalue weighted by atomic mass is 16.4. The molecule has 82 valence electrons. The Kier molecular flexibility index (Phi) is 4.35. The molecule has 4 heteroatoms. The van der Waals surface area contributed by atoms with Gasteiger partial charge in [0.1, 0.15) is 0 Å². The summed E-state index contributed by atoms with van der Waals surface area (Å²) in [5, 5.41) is 17.5. The van der Waals surface area contributed by atoms with E-state index in [4.69, 9.17) is 10.2 Å². The number of aliphatic hydroxyl groups is 1. The summed E-state index contributed by atoms with van der Waals surface area (Å²) in [7, 11) is 1.96. The minimum absolute atomic E-state index is 0.137. The molecule has 0 spiro atoms. The van der Waals surface area contributed by atoms with E-state index in [0.29, 0.717) is 12.5 Å². The molecular weight excluding hydrogens is 182 g/mol. The Bertz CT molecular complexity index is 196. The van der Waals surface area contributed by atoms with Crippen LogP contribution in [0.1, 0.15) is 19.3 Å². The van der Waals surface area contributed by atoms with Crippen LogP contribution in [-0.4, -0.2) is 47.8 Å². The van der Waals surface area contributed by atoms with Crippen LogP contribution >= 0.6 is 0 Å². The van der Waals surface area contributed by atoms with Crippen LogP contribution in [-0.2, 0) is 4.79 Å². The van der Waals surface area contributed by atoms with Crippen LogP contribution in [0.5, 0.6) is 0 Å². The fraction of sp³-hybridized carbons (Fsp3) is 0.900. The lowest BCUT2D eigenvalue weighted by atomic mass is 10.0. The van der Waals surface area contributed by atoms with Gasteiger partial charge in [-0.3, -0.25) is 4.79 Å². The van der Waals surface area contributed by atoms with Crippen LogP contribution in [0.25, 0.3) is 0 Å². The minimum atomic E-state index is -0.655. The Labute approximate surface area is 84.5 Å². The van der Waals surface area contributed by atoms with Crippen molar-refractivity contribution in [2.24, 2.45) is 11.8 Å². The molecule has 0 radical (unpaired) electrons. The summed E-state index contributed by atoms with van der Waals surface area (Å²) in [5.74, 6) is -0.299. The molecule has 0 bridgehead atoms. The number of aliphatic carboxylic acids is 1. The first-order chi connectivity index (χ1) is 6.63. The molecule has 1 saturated carbocycles. The Morgan fingerprint density at radius 2 is 2.21 bits per heavy atom. The summed E-state index contributed by atoms with van der Waals surface area (Å²) in [6.45, 7) is 1.75. The van der Waals surface area contributed by atoms with Crippen molar-refractivity contribution in [3.8, 4) is 0 Å². The zero-order valence-corrected chi connectivity index (χ0v) is 8.65. The van der Waals surface area contributed by atoms with Crippen molar-refractivity contribution in [3.05, 3.63) is 0 Å². The third-order valence-electron chi connectivity index (χ3n) is 2.94. The smallest absolute Gasteiger partial charge is 0.306 e. The van der Waals surface area contributed by atoms with E-state index in [1.165, 1.54) is 0 Å².